The molecule has 21 heavy (non-hydrogen) atoms. The third kappa shape index (κ3) is 3.36. The zero-order valence-electron chi connectivity index (χ0n) is 12.7. The molecule has 1 heterocycles. The highest BCUT2D eigenvalue weighted by Crippen LogP contribution is 2.34. The average molecular weight is 309 g/mol. The lowest BCUT2D eigenvalue weighted by Gasteiger charge is -2.45. The minimum Gasteiger partial charge on any atom is -0.374 e. The number of ether oxygens (including phenoxy) is 1. The van der Waals surface area contributed by atoms with E-state index in [4.69, 9.17) is 22.1 Å². The van der Waals surface area contributed by atoms with Gasteiger partial charge in [0.25, 0.3) is 0 Å². The summed E-state index contributed by atoms with van der Waals surface area (Å²) in [5.41, 5.74) is 8.59. The van der Waals surface area contributed by atoms with Crippen molar-refractivity contribution in [2.45, 2.75) is 57.2 Å². The molecule has 116 valence electrons. The molecule has 1 aromatic carbocycles. The predicted octanol–water partition coefficient (Wildman–Crippen LogP) is 3.38. The molecule has 1 aromatic rings. The zero-order chi connectivity index (χ0) is 14.8. The highest BCUT2D eigenvalue weighted by Gasteiger charge is 2.35. The topological polar surface area (TPSA) is 38.5 Å². The van der Waals surface area contributed by atoms with Crippen LogP contribution >= 0.6 is 11.6 Å². The molecule has 2 fully saturated rings. The molecule has 0 amide bonds. The Morgan fingerprint density at radius 1 is 1.38 bits per heavy atom. The number of benzene rings is 1. The van der Waals surface area contributed by atoms with E-state index in [9.17, 15) is 0 Å². The average Bonchev–Trinajstić information content (AvgIpc) is 2.46. The number of hydrogen-bond donors (Lipinski definition) is 1. The molecular formula is C17H25ClN2O. The summed E-state index contributed by atoms with van der Waals surface area (Å²) >= 11 is 6.19. The fraction of sp³-hybridized carbons (Fsp3) is 0.647. The quantitative estimate of drug-likeness (QED) is 0.930. The summed E-state index contributed by atoms with van der Waals surface area (Å²) in [6, 6.07) is 6.89. The van der Waals surface area contributed by atoms with Crippen LogP contribution in [0.25, 0.3) is 0 Å². The number of hydrogen-bond acceptors (Lipinski definition) is 3. The second kappa shape index (κ2) is 6.55. The molecule has 1 aliphatic heterocycles. The lowest BCUT2D eigenvalue weighted by Crippen LogP contribution is -2.53. The van der Waals surface area contributed by atoms with Crippen molar-refractivity contribution < 1.29 is 4.74 Å². The molecule has 1 saturated carbocycles. The molecule has 3 atom stereocenters. The largest absolute Gasteiger partial charge is 0.374 e. The first-order chi connectivity index (χ1) is 10.1. The second-order valence-electron chi connectivity index (χ2n) is 6.41. The van der Waals surface area contributed by atoms with Gasteiger partial charge in [0.05, 0.1) is 18.8 Å². The molecule has 2 N–H and O–H groups in total. The number of nitrogens with zero attached hydrogens (tertiary/aromatic N) is 1. The van der Waals surface area contributed by atoms with Crippen molar-refractivity contribution in [3.8, 4) is 0 Å². The summed E-state index contributed by atoms with van der Waals surface area (Å²) in [4.78, 5) is 2.54. The fourth-order valence-electron chi connectivity index (χ4n) is 3.74. The van der Waals surface area contributed by atoms with Crippen LogP contribution in [0.4, 0.5) is 5.69 Å². The third-order valence-corrected chi connectivity index (χ3v) is 4.86. The van der Waals surface area contributed by atoms with Crippen molar-refractivity contribution in [3.63, 3.8) is 0 Å². The van der Waals surface area contributed by atoms with Gasteiger partial charge in [-0.05, 0) is 49.9 Å². The van der Waals surface area contributed by atoms with Gasteiger partial charge in [-0.3, -0.25) is 0 Å². The molecule has 2 aliphatic rings. The van der Waals surface area contributed by atoms with Crippen LogP contribution in [0.1, 0.15) is 38.2 Å². The summed E-state index contributed by atoms with van der Waals surface area (Å²) in [5, 5.41) is 0.794. The summed E-state index contributed by atoms with van der Waals surface area (Å²) in [6.07, 6.45) is 6.28. The van der Waals surface area contributed by atoms with Gasteiger partial charge in [-0.25, -0.2) is 0 Å². The van der Waals surface area contributed by atoms with Gasteiger partial charge in [0.15, 0.2) is 0 Å². The Morgan fingerprint density at radius 2 is 2.19 bits per heavy atom. The van der Waals surface area contributed by atoms with Crippen LogP contribution in [0.15, 0.2) is 18.2 Å². The first-order valence-corrected chi connectivity index (χ1v) is 8.45. The van der Waals surface area contributed by atoms with Crippen molar-refractivity contribution in [2.75, 3.05) is 18.1 Å². The van der Waals surface area contributed by atoms with Crippen molar-refractivity contribution >= 4 is 17.3 Å². The monoisotopic (exact) mass is 308 g/mol. The van der Waals surface area contributed by atoms with Gasteiger partial charge in [0, 0.05) is 23.3 Å². The maximum Gasteiger partial charge on any atom is 0.0779 e. The van der Waals surface area contributed by atoms with E-state index in [1.165, 1.54) is 36.9 Å². The Hall–Kier alpha value is -0.770. The zero-order valence-corrected chi connectivity index (χ0v) is 13.5. The summed E-state index contributed by atoms with van der Waals surface area (Å²) in [7, 11) is 0. The van der Waals surface area contributed by atoms with E-state index < -0.39 is 0 Å². The van der Waals surface area contributed by atoms with Crippen LogP contribution in [-0.2, 0) is 11.2 Å². The van der Waals surface area contributed by atoms with E-state index in [2.05, 4.69) is 17.0 Å². The molecule has 4 heteroatoms. The van der Waals surface area contributed by atoms with E-state index in [0.717, 1.165) is 24.6 Å². The summed E-state index contributed by atoms with van der Waals surface area (Å²) in [6.45, 7) is 3.84. The molecule has 3 nitrogen and oxygen atoms in total. The Bertz CT molecular complexity index is 490. The Labute approximate surface area is 132 Å². The molecule has 1 aliphatic carbocycles. The number of morpholine rings is 1. The summed E-state index contributed by atoms with van der Waals surface area (Å²) < 4.78 is 5.99. The van der Waals surface area contributed by atoms with E-state index in [-0.39, 0.29) is 6.04 Å². The molecular weight excluding hydrogens is 284 g/mol. The summed E-state index contributed by atoms with van der Waals surface area (Å²) in [5.74, 6) is 0. The van der Waals surface area contributed by atoms with Crippen molar-refractivity contribution in [1.82, 2.24) is 0 Å². The smallest absolute Gasteiger partial charge is 0.0779 e. The third-order valence-electron chi connectivity index (χ3n) is 4.62. The molecule has 0 bridgehead atoms. The Morgan fingerprint density at radius 3 is 3.00 bits per heavy atom. The minimum atomic E-state index is 0.144. The normalized spacial score (nSPS) is 27.3. The molecule has 3 rings (SSSR count). The van der Waals surface area contributed by atoms with Crippen molar-refractivity contribution in [1.29, 1.82) is 0 Å². The lowest BCUT2D eigenvalue weighted by atomic mass is 9.89. The lowest BCUT2D eigenvalue weighted by molar-refractivity contribution is -0.00873. The van der Waals surface area contributed by atoms with E-state index in [0.29, 0.717) is 12.1 Å². The molecule has 0 radical (unpaired) electrons. The SMILES string of the molecule is CC(N)Cc1cc(Cl)ccc1N1CCOC2CCCCC21. The molecule has 1 saturated heterocycles. The van der Waals surface area contributed by atoms with E-state index >= 15 is 0 Å². The van der Waals surface area contributed by atoms with Crippen LogP contribution in [0.2, 0.25) is 5.02 Å². The number of nitrogens with two attached hydrogens (primary N) is 1. The van der Waals surface area contributed by atoms with Gasteiger partial charge in [-0.15, -0.1) is 0 Å². The number of halogens is 1. The number of rotatable bonds is 3. The van der Waals surface area contributed by atoms with Crippen LogP contribution in [0.3, 0.4) is 0 Å². The first-order valence-electron chi connectivity index (χ1n) is 8.07. The number of fused-ring (bicyclic) bond motifs is 1. The highest BCUT2D eigenvalue weighted by atomic mass is 35.5. The molecule has 3 unspecified atom stereocenters. The maximum absolute atomic E-state index is 6.19. The van der Waals surface area contributed by atoms with Gasteiger partial charge in [0.1, 0.15) is 0 Å². The van der Waals surface area contributed by atoms with Crippen LogP contribution in [0.5, 0.6) is 0 Å². The van der Waals surface area contributed by atoms with Gasteiger partial charge < -0.3 is 15.4 Å². The van der Waals surface area contributed by atoms with Crippen LogP contribution in [0, 0.1) is 0 Å². The van der Waals surface area contributed by atoms with E-state index in [1.54, 1.807) is 0 Å². The van der Waals surface area contributed by atoms with Crippen molar-refractivity contribution in [3.05, 3.63) is 28.8 Å². The standard InChI is InChI=1S/C17H25ClN2O/c1-12(19)10-13-11-14(18)6-7-15(13)20-8-9-21-17-5-3-2-4-16(17)20/h6-7,11-12,16-17H,2-5,8-10,19H2,1H3. The molecule has 0 aromatic heterocycles. The minimum absolute atomic E-state index is 0.144. The van der Waals surface area contributed by atoms with Crippen molar-refractivity contribution in [2.24, 2.45) is 5.73 Å². The number of anilines is 1. The van der Waals surface area contributed by atoms with Crippen LogP contribution in [-0.4, -0.2) is 31.3 Å². The first kappa shape index (κ1) is 15.1. The van der Waals surface area contributed by atoms with Gasteiger partial charge in [-0.1, -0.05) is 24.4 Å². The Kier molecular flexibility index (Phi) is 4.72. The van der Waals surface area contributed by atoms with Gasteiger partial charge in [-0.2, -0.15) is 0 Å². The van der Waals surface area contributed by atoms with Gasteiger partial charge >= 0.3 is 0 Å². The maximum atomic E-state index is 6.19. The van der Waals surface area contributed by atoms with E-state index in [1.807, 2.05) is 13.0 Å². The highest BCUT2D eigenvalue weighted by molar-refractivity contribution is 6.30. The van der Waals surface area contributed by atoms with Gasteiger partial charge in [0.2, 0.25) is 0 Å². The molecule has 0 spiro atoms. The Balaban J connectivity index is 1.90. The second-order valence-corrected chi connectivity index (χ2v) is 6.85. The predicted molar refractivity (Wildman–Crippen MR) is 88.1 cm³/mol. The fourth-order valence-corrected chi connectivity index (χ4v) is 3.93. The van der Waals surface area contributed by atoms with Crippen LogP contribution < -0.4 is 10.6 Å².